The molecule has 0 bridgehead atoms. The van der Waals surface area contributed by atoms with Gasteiger partial charge in [-0.05, 0) is 71.4 Å². The van der Waals surface area contributed by atoms with Crippen LogP contribution in [0.1, 0.15) is 86.6 Å². The van der Waals surface area contributed by atoms with Gasteiger partial charge in [0.15, 0.2) is 17.3 Å². The van der Waals surface area contributed by atoms with Gasteiger partial charge in [0.2, 0.25) is 5.88 Å². The minimum atomic E-state index is -0.518. The molecule has 12 heteroatoms. The summed E-state index contributed by atoms with van der Waals surface area (Å²) >= 11 is 1.53. The fourth-order valence-corrected chi connectivity index (χ4v) is 9.26. The molecular formula is C34H46N8O3S. The van der Waals surface area contributed by atoms with E-state index in [9.17, 15) is 5.26 Å². The molecule has 0 amide bonds. The summed E-state index contributed by atoms with van der Waals surface area (Å²) in [4.78, 5) is 16.0. The highest BCUT2D eigenvalue weighted by Crippen LogP contribution is 2.51. The van der Waals surface area contributed by atoms with Crippen LogP contribution in [0.2, 0.25) is 0 Å². The van der Waals surface area contributed by atoms with Gasteiger partial charge in [0.05, 0.1) is 17.1 Å². The maximum absolute atomic E-state index is 10.1. The predicted molar refractivity (Wildman–Crippen MR) is 178 cm³/mol. The number of nitrogens with zero attached hydrogens (tertiary/aromatic N) is 6. The first-order valence-corrected chi connectivity index (χ1v) is 17.6. The summed E-state index contributed by atoms with van der Waals surface area (Å²) in [6.45, 7) is 10.0. The number of likely N-dealkylation sites (N-methyl/N-ethyl adjacent to an activating group) is 1. The van der Waals surface area contributed by atoms with E-state index in [4.69, 9.17) is 34.9 Å². The number of ether oxygens (including phenoxy) is 2. The van der Waals surface area contributed by atoms with Gasteiger partial charge in [-0.2, -0.15) is 10.2 Å². The van der Waals surface area contributed by atoms with E-state index in [1.165, 1.54) is 29.1 Å². The van der Waals surface area contributed by atoms with Gasteiger partial charge in [-0.3, -0.25) is 4.90 Å². The zero-order chi connectivity index (χ0) is 32.2. The average molecular weight is 647 g/mol. The molecule has 0 radical (unpaired) electrons. The van der Waals surface area contributed by atoms with Crippen molar-refractivity contribution in [1.82, 2.24) is 25.3 Å². The van der Waals surface area contributed by atoms with E-state index in [0.29, 0.717) is 28.0 Å². The molecule has 2 aliphatic heterocycles. The van der Waals surface area contributed by atoms with Gasteiger partial charge in [-0.15, -0.1) is 11.3 Å². The monoisotopic (exact) mass is 646 g/mol. The molecule has 3 aromatic rings. The third-order valence-corrected chi connectivity index (χ3v) is 11.8. The summed E-state index contributed by atoms with van der Waals surface area (Å²) < 4.78 is 18.6. The van der Waals surface area contributed by atoms with E-state index in [0.717, 1.165) is 87.4 Å². The molecule has 11 nitrogen and oxygen atoms in total. The number of methoxy groups -OCH3 is 1. The number of nitrogens with one attached hydrogen (secondary N) is 1. The van der Waals surface area contributed by atoms with Gasteiger partial charge < -0.3 is 29.9 Å². The number of nitrogens with two attached hydrogens (primary N) is 1. The fraction of sp³-hybridized carbons (Fsp3) is 0.647. The van der Waals surface area contributed by atoms with E-state index >= 15 is 0 Å². The highest BCUT2D eigenvalue weighted by Gasteiger charge is 2.47. The highest BCUT2D eigenvalue weighted by atomic mass is 32.1. The molecule has 2 saturated heterocycles. The SMILES string of the molecule is CCCc1c(-c2nc(O[C@@H](C)[C@@H]3C[C@@H](OC)CN3C)cc(N3CCNC4(CC4)C3)n2)noc1[C@@]1(C)CCCc2sc(N)c(C#N)c21. The van der Waals surface area contributed by atoms with Crippen molar-refractivity contribution in [2.45, 2.75) is 101 Å². The van der Waals surface area contributed by atoms with E-state index in [1.807, 2.05) is 6.07 Å². The molecule has 3 aromatic heterocycles. The molecule has 5 heterocycles. The second-order valence-electron chi connectivity index (χ2n) is 14.0. The number of rotatable bonds is 9. The lowest BCUT2D eigenvalue weighted by Crippen LogP contribution is -2.52. The molecule has 46 heavy (non-hydrogen) atoms. The van der Waals surface area contributed by atoms with Crippen molar-refractivity contribution >= 4 is 22.2 Å². The Morgan fingerprint density at radius 1 is 1.30 bits per heavy atom. The lowest BCUT2D eigenvalue weighted by atomic mass is 9.69. The van der Waals surface area contributed by atoms with Crippen molar-refractivity contribution < 1.29 is 14.0 Å². The van der Waals surface area contributed by atoms with Gasteiger partial charge in [-0.1, -0.05) is 18.5 Å². The number of likely N-dealkylation sites (tertiary alicyclic amines) is 1. The van der Waals surface area contributed by atoms with E-state index in [-0.39, 0.29) is 23.8 Å². The van der Waals surface area contributed by atoms with Crippen molar-refractivity contribution in [1.29, 1.82) is 5.26 Å². The number of anilines is 2. The van der Waals surface area contributed by atoms with Gasteiger partial charge >= 0.3 is 0 Å². The van der Waals surface area contributed by atoms with Crippen LogP contribution in [0.25, 0.3) is 11.5 Å². The Labute approximate surface area is 275 Å². The van der Waals surface area contributed by atoms with Crippen molar-refractivity contribution in [2.24, 2.45) is 0 Å². The van der Waals surface area contributed by atoms with Crippen molar-refractivity contribution in [3.05, 3.63) is 33.4 Å². The molecule has 2 aliphatic carbocycles. The van der Waals surface area contributed by atoms with Gasteiger partial charge in [0, 0.05) is 61.4 Å². The van der Waals surface area contributed by atoms with Crippen LogP contribution in [-0.4, -0.2) is 84.1 Å². The average Bonchev–Trinajstić information content (AvgIpc) is 3.35. The van der Waals surface area contributed by atoms with Gasteiger partial charge in [0.1, 0.15) is 23.0 Å². The molecule has 0 aromatic carbocycles. The van der Waals surface area contributed by atoms with E-state index in [2.05, 4.69) is 49.0 Å². The standard InChI is InChI=1S/C34H46N8O3S/c1-6-8-22-29(40-45-30(22)33(3)10-7-9-25-28(33)23(17-35)31(36)46-25)32-38-26(42-14-13-37-34(19-42)11-12-34)16-27(39-32)44-20(2)24-15-21(43-5)18-41(24)4/h16,20-21,24,37H,6-15,18-19,36H2,1-5H3/t20-,21+,24-,33-/m0/s1. The molecule has 3 fully saturated rings. The van der Waals surface area contributed by atoms with Crippen LogP contribution in [0.4, 0.5) is 10.8 Å². The number of piperazine rings is 1. The second kappa shape index (κ2) is 12.1. The van der Waals surface area contributed by atoms with Crippen LogP contribution < -0.4 is 20.7 Å². The Balaban J connectivity index is 1.30. The summed E-state index contributed by atoms with van der Waals surface area (Å²) in [5, 5.41) is 19.1. The minimum Gasteiger partial charge on any atom is -0.473 e. The van der Waals surface area contributed by atoms with Crippen molar-refractivity contribution in [2.75, 3.05) is 51.0 Å². The Kier molecular flexibility index (Phi) is 8.24. The molecule has 246 valence electrons. The highest BCUT2D eigenvalue weighted by molar-refractivity contribution is 7.16. The summed E-state index contributed by atoms with van der Waals surface area (Å²) in [6, 6.07) is 4.60. The van der Waals surface area contributed by atoms with Crippen LogP contribution in [0.5, 0.6) is 5.88 Å². The first-order chi connectivity index (χ1) is 22.2. The summed E-state index contributed by atoms with van der Waals surface area (Å²) in [6.07, 6.45) is 7.78. The van der Waals surface area contributed by atoms with Crippen LogP contribution in [0.3, 0.4) is 0 Å². The third kappa shape index (κ3) is 5.45. The fourth-order valence-electron chi connectivity index (χ4n) is 8.07. The number of aryl methyl sites for hydroxylation is 1. The summed E-state index contributed by atoms with van der Waals surface area (Å²) in [5.41, 5.74) is 9.25. The Morgan fingerprint density at radius 3 is 2.85 bits per heavy atom. The maximum atomic E-state index is 10.1. The first-order valence-electron chi connectivity index (χ1n) is 16.8. The Hall–Kier alpha value is -3.24. The number of hydrogen-bond donors (Lipinski definition) is 2. The molecule has 0 unspecified atom stereocenters. The number of thiophene rings is 1. The lowest BCUT2D eigenvalue weighted by Gasteiger charge is -2.35. The normalized spacial score (nSPS) is 26.2. The number of hydrogen-bond acceptors (Lipinski definition) is 12. The van der Waals surface area contributed by atoms with Crippen LogP contribution in [-0.2, 0) is 23.0 Å². The predicted octanol–water partition coefficient (Wildman–Crippen LogP) is 4.67. The molecule has 7 rings (SSSR count). The molecule has 3 N–H and O–H groups in total. The van der Waals surface area contributed by atoms with Crippen LogP contribution >= 0.6 is 11.3 Å². The Bertz CT molecular complexity index is 1640. The number of nitrogen functional groups attached to an aromatic ring is 1. The number of aromatic nitrogens is 3. The summed E-state index contributed by atoms with van der Waals surface area (Å²) in [5.74, 6) is 2.70. The molecule has 1 spiro atoms. The first kappa shape index (κ1) is 31.4. The van der Waals surface area contributed by atoms with Crippen molar-refractivity contribution in [3.63, 3.8) is 0 Å². The maximum Gasteiger partial charge on any atom is 0.219 e. The number of fused-ring (bicyclic) bond motifs is 1. The zero-order valence-corrected chi connectivity index (χ0v) is 28.5. The largest absolute Gasteiger partial charge is 0.473 e. The molecular weight excluding hydrogens is 600 g/mol. The van der Waals surface area contributed by atoms with Crippen LogP contribution in [0, 0.1) is 11.3 Å². The second-order valence-corrected chi connectivity index (χ2v) is 15.1. The Morgan fingerprint density at radius 2 is 2.13 bits per heavy atom. The molecule has 4 aliphatic rings. The zero-order valence-electron chi connectivity index (χ0n) is 27.7. The van der Waals surface area contributed by atoms with Gasteiger partial charge in [0.25, 0.3) is 0 Å². The van der Waals surface area contributed by atoms with Gasteiger partial charge in [-0.25, -0.2) is 4.98 Å². The van der Waals surface area contributed by atoms with E-state index in [1.54, 1.807) is 7.11 Å². The number of nitriles is 1. The lowest BCUT2D eigenvalue weighted by molar-refractivity contribution is 0.108. The van der Waals surface area contributed by atoms with Crippen LogP contribution in [0.15, 0.2) is 10.6 Å². The molecule has 4 atom stereocenters. The minimum absolute atomic E-state index is 0.102. The van der Waals surface area contributed by atoms with Crippen molar-refractivity contribution in [3.8, 4) is 23.5 Å². The van der Waals surface area contributed by atoms with E-state index < -0.39 is 5.41 Å². The summed E-state index contributed by atoms with van der Waals surface area (Å²) in [7, 11) is 3.90. The smallest absolute Gasteiger partial charge is 0.219 e. The molecule has 1 saturated carbocycles. The quantitative estimate of drug-likeness (QED) is 0.335. The topological polar surface area (TPSA) is 139 Å². The third-order valence-electron chi connectivity index (χ3n) is 10.7.